The first kappa shape index (κ1) is 17.2. The monoisotopic (exact) mass is 399 g/mol. The minimum absolute atomic E-state index is 0.221. The van der Waals surface area contributed by atoms with Crippen molar-refractivity contribution in [3.05, 3.63) is 76.9 Å². The zero-order valence-electron chi connectivity index (χ0n) is 13.7. The molecule has 0 saturated carbocycles. The molecule has 3 aromatic rings. The smallest absolute Gasteiger partial charge is 0.266 e. The maximum atomic E-state index is 12.4. The highest BCUT2D eigenvalue weighted by atomic mass is 79.9. The van der Waals surface area contributed by atoms with Crippen LogP contribution in [0.25, 0.3) is 0 Å². The number of para-hydroxylation sites is 1. The van der Waals surface area contributed by atoms with Crippen molar-refractivity contribution in [2.24, 2.45) is 0 Å². The first-order valence-corrected chi connectivity index (χ1v) is 8.70. The van der Waals surface area contributed by atoms with Crippen molar-refractivity contribution in [3.63, 3.8) is 0 Å². The molecular weight excluding hydrogens is 382 g/mol. The van der Waals surface area contributed by atoms with Crippen molar-refractivity contribution in [1.82, 2.24) is 9.78 Å². The van der Waals surface area contributed by atoms with E-state index in [1.54, 1.807) is 23.9 Å². The van der Waals surface area contributed by atoms with E-state index in [0.717, 1.165) is 10.0 Å². The number of nitrogens with zero attached hydrogens (tertiary/aromatic N) is 2. The number of anilines is 1. The Morgan fingerprint density at radius 1 is 1.16 bits per heavy atom. The lowest BCUT2D eigenvalue weighted by Crippen LogP contribution is -2.31. The zero-order valence-corrected chi connectivity index (χ0v) is 15.3. The molecule has 128 valence electrons. The van der Waals surface area contributed by atoms with Crippen LogP contribution in [0.15, 0.2) is 71.3 Å². The summed E-state index contributed by atoms with van der Waals surface area (Å²) in [6, 6.07) is 19.0. The van der Waals surface area contributed by atoms with Gasteiger partial charge in [-0.25, -0.2) is 4.68 Å². The van der Waals surface area contributed by atoms with Crippen LogP contribution < -0.4 is 10.1 Å². The van der Waals surface area contributed by atoms with E-state index in [1.165, 1.54) is 0 Å². The quantitative estimate of drug-likeness (QED) is 0.678. The Kier molecular flexibility index (Phi) is 5.50. The van der Waals surface area contributed by atoms with Gasteiger partial charge in [0.05, 0.1) is 12.7 Å². The molecule has 0 spiro atoms. The summed E-state index contributed by atoms with van der Waals surface area (Å²) < 4.78 is 8.42. The molecule has 5 nitrogen and oxygen atoms in total. The minimum atomic E-state index is -0.613. The number of benzene rings is 2. The predicted molar refractivity (Wildman–Crippen MR) is 101 cm³/mol. The van der Waals surface area contributed by atoms with Gasteiger partial charge >= 0.3 is 0 Å². The van der Waals surface area contributed by atoms with Gasteiger partial charge in [-0.1, -0.05) is 46.3 Å². The van der Waals surface area contributed by atoms with Gasteiger partial charge in [-0.2, -0.15) is 5.10 Å². The average Bonchev–Trinajstić information content (AvgIpc) is 3.04. The van der Waals surface area contributed by atoms with Gasteiger partial charge in [-0.3, -0.25) is 4.79 Å². The Hall–Kier alpha value is -2.60. The van der Waals surface area contributed by atoms with Crippen molar-refractivity contribution >= 4 is 27.7 Å². The van der Waals surface area contributed by atoms with E-state index in [2.05, 4.69) is 26.3 Å². The summed E-state index contributed by atoms with van der Waals surface area (Å²) in [6.45, 7) is 2.29. The summed E-state index contributed by atoms with van der Waals surface area (Å²) >= 11 is 3.42. The van der Waals surface area contributed by atoms with Gasteiger partial charge in [0.15, 0.2) is 6.10 Å². The van der Waals surface area contributed by atoms with Crippen molar-refractivity contribution in [2.75, 3.05) is 5.32 Å². The van der Waals surface area contributed by atoms with Gasteiger partial charge < -0.3 is 10.1 Å². The van der Waals surface area contributed by atoms with E-state index < -0.39 is 6.10 Å². The fourth-order valence-electron chi connectivity index (χ4n) is 2.31. The molecule has 0 aliphatic carbocycles. The van der Waals surface area contributed by atoms with Crippen LogP contribution in [-0.2, 0) is 11.3 Å². The first-order chi connectivity index (χ1) is 12.1. The standard InChI is InChI=1S/C19H18BrN3O2/c1-14(25-17-5-3-2-4-6-17)19(24)22-18-11-12-21-23(18)13-15-7-9-16(20)10-8-15/h2-12,14H,13H2,1H3,(H,22,24)/t14-/m1/s1. The number of amides is 1. The van der Waals surface area contributed by atoms with E-state index in [1.807, 2.05) is 54.6 Å². The molecule has 6 heteroatoms. The minimum Gasteiger partial charge on any atom is -0.481 e. The summed E-state index contributed by atoms with van der Waals surface area (Å²) in [5.41, 5.74) is 1.09. The fourth-order valence-corrected chi connectivity index (χ4v) is 2.58. The number of nitrogens with one attached hydrogen (secondary N) is 1. The van der Waals surface area contributed by atoms with Crippen molar-refractivity contribution in [3.8, 4) is 5.75 Å². The molecule has 25 heavy (non-hydrogen) atoms. The van der Waals surface area contributed by atoms with Crippen molar-refractivity contribution in [2.45, 2.75) is 19.6 Å². The second kappa shape index (κ2) is 7.98. The predicted octanol–water partition coefficient (Wildman–Crippen LogP) is 4.10. The molecule has 0 radical (unpaired) electrons. The lowest BCUT2D eigenvalue weighted by Gasteiger charge is -2.15. The SMILES string of the molecule is C[C@@H](Oc1ccccc1)C(=O)Nc1ccnn1Cc1ccc(Br)cc1. The fraction of sp³-hybridized carbons (Fsp3) is 0.158. The summed E-state index contributed by atoms with van der Waals surface area (Å²) in [4.78, 5) is 12.4. The second-order valence-electron chi connectivity index (χ2n) is 5.56. The summed E-state index contributed by atoms with van der Waals surface area (Å²) in [5, 5.41) is 7.15. The van der Waals surface area contributed by atoms with Crippen LogP contribution in [0.2, 0.25) is 0 Å². The van der Waals surface area contributed by atoms with Crippen LogP contribution >= 0.6 is 15.9 Å². The molecule has 1 heterocycles. The van der Waals surface area contributed by atoms with Crippen molar-refractivity contribution in [1.29, 1.82) is 0 Å². The Bertz CT molecular complexity index is 831. The van der Waals surface area contributed by atoms with Gasteiger partial charge in [-0.15, -0.1) is 0 Å². The first-order valence-electron chi connectivity index (χ1n) is 7.90. The van der Waals surface area contributed by atoms with Crippen LogP contribution in [0.5, 0.6) is 5.75 Å². The normalized spacial score (nSPS) is 11.8. The highest BCUT2D eigenvalue weighted by Crippen LogP contribution is 2.15. The van der Waals surface area contributed by atoms with Crippen molar-refractivity contribution < 1.29 is 9.53 Å². The third-order valence-electron chi connectivity index (χ3n) is 3.64. The lowest BCUT2D eigenvalue weighted by atomic mass is 10.2. The maximum Gasteiger partial charge on any atom is 0.266 e. The third kappa shape index (κ3) is 4.70. The number of hydrogen-bond donors (Lipinski definition) is 1. The second-order valence-corrected chi connectivity index (χ2v) is 6.48. The van der Waals surface area contributed by atoms with Crippen LogP contribution in [0.4, 0.5) is 5.82 Å². The molecule has 0 bridgehead atoms. The molecule has 0 fully saturated rings. The number of halogens is 1. The largest absolute Gasteiger partial charge is 0.481 e. The molecular formula is C19H18BrN3O2. The van der Waals surface area contributed by atoms with Gasteiger partial charge in [0.25, 0.3) is 5.91 Å². The maximum absolute atomic E-state index is 12.4. The summed E-state index contributed by atoms with van der Waals surface area (Å²) in [6.07, 6.45) is 1.05. The van der Waals surface area contributed by atoms with E-state index in [-0.39, 0.29) is 5.91 Å². The van der Waals surface area contributed by atoms with Gasteiger partial charge in [0.1, 0.15) is 11.6 Å². The molecule has 0 aliphatic rings. The molecule has 0 saturated heterocycles. The molecule has 3 rings (SSSR count). The van der Waals surface area contributed by atoms with Crippen LogP contribution in [-0.4, -0.2) is 21.8 Å². The Morgan fingerprint density at radius 3 is 2.60 bits per heavy atom. The highest BCUT2D eigenvalue weighted by Gasteiger charge is 2.16. The summed E-state index contributed by atoms with van der Waals surface area (Å²) in [7, 11) is 0. The molecule has 1 amide bonds. The lowest BCUT2D eigenvalue weighted by molar-refractivity contribution is -0.122. The van der Waals surface area contributed by atoms with Crippen LogP contribution in [0.1, 0.15) is 12.5 Å². The number of ether oxygens (including phenoxy) is 1. The molecule has 2 aromatic carbocycles. The van der Waals surface area contributed by atoms with Crippen LogP contribution in [0.3, 0.4) is 0 Å². The number of rotatable bonds is 6. The van der Waals surface area contributed by atoms with Gasteiger partial charge in [-0.05, 0) is 36.8 Å². The molecule has 0 aliphatic heterocycles. The van der Waals surface area contributed by atoms with Gasteiger partial charge in [0.2, 0.25) is 0 Å². The molecule has 1 N–H and O–H groups in total. The number of carbonyl (C=O) groups is 1. The topological polar surface area (TPSA) is 56.1 Å². The number of aromatic nitrogens is 2. The summed E-state index contributed by atoms with van der Waals surface area (Å²) in [5.74, 6) is 1.08. The van der Waals surface area contributed by atoms with Gasteiger partial charge in [0, 0.05) is 10.5 Å². The highest BCUT2D eigenvalue weighted by molar-refractivity contribution is 9.10. The Morgan fingerprint density at radius 2 is 1.88 bits per heavy atom. The molecule has 1 atom stereocenters. The van der Waals surface area contributed by atoms with Crippen LogP contribution in [0, 0.1) is 0 Å². The Labute approximate surface area is 154 Å². The third-order valence-corrected chi connectivity index (χ3v) is 4.17. The van der Waals surface area contributed by atoms with E-state index in [0.29, 0.717) is 18.1 Å². The average molecular weight is 400 g/mol. The van der Waals surface area contributed by atoms with E-state index >= 15 is 0 Å². The number of hydrogen-bond acceptors (Lipinski definition) is 3. The Balaban J connectivity index is 1.64. The number of carbonyl (C=O) groups excluding carboxylic acids is 1. The molecule has 0 unspecified atom stereocenters. The van der Waals surface area contributed by atoms with E-state index in [4.69, 9.17) is 4.74 Å². The van der Waals surface area contributed by atoms with E-state index in [9.17, 15) is 4.79 Å². The molecule has 1 aromatic heterocycles. The zero-order chi connectivity index (χ0) is 17.6.